The van der Waals surface area contributed by atoms with Crippen LogP contribution in [0, 0.1) is 0 Å². The van der Waals surface area contributed by atoms with Gasteiger partial charge in [-0.1, -0.05) is 12.1 Å². The van der Waals surface area contributed by atoms with E-state index >= 15 is 0 Å². The first kappa shape index (κ1) is 15.6. The molecule has 6 N–H and O–H groups in total. The molecule has 0 saturated heterocycles. The van der Waals surface area contributed by atoms with Gasteiger partial charge in [-0.15, -0.1) is 0 Å². The highest BCUT2D eigenvalue weighted by molar-refractivity contribution is 7.80. The van der Waals surface area contributed by atoms with Crippen LogP contribution in [0.1, 0.15) is 0 Å². The largest absolute Gasteiger partial charge is 0.465 e. The molecule has 8 nitrogen and oxygen atoms in total. The highest BCUT2D eigenvalue weighted by Crippen LogP contribution is 2.20. The summed E-state index contributed by atoms with van der Waals surface area (Å²) in [6.07, 6.45) is -2.59. The minimum Gasteiger partial charge on any atom is -0.465 e. The van der Waals surface area contributed by atoms with Gasteiger partial charge in [-0.3, -0.25) is 10.6 Å². The van der Waals surface area contributed by atoms with E-state index in [1.165, 1.54) is 0 Å². The number of rotatable bonds is 2. The molecule has 0 saturated carbocycles. The highest BCUT2D eigenvalue weighted by Gasteiger charge is 2.08. The fourth-order valence-electron chi connectivity index (χ4n) is 1.20. The van der Waals surface area contributed by atoms with E-state index in [2.05, 4.69) is 10.6 Å². The summed E-state index contributed by atoms with van der Waals surface area (Å²) in [4.78, 5) is 20.9. The summed E-state index contributed by atoms with van der Waals surface area (Å²) >= 11 is 9.56. The summed E-state index contributed by atoms with van der Waals surface area (Å²) in [5.41, 5.74) is 0.863. The molecular formula is C10H10N4O4S2. The average molecular weight is 314 g/mol. The third-order valence-electron chi connectivity index (χ3n) is 1.86. The van der Waals surface area contributed by atoms with Crippen LogP contribution in [-0.4, -0.2) is 32.6 Å². The van der Waals surface area contributed by atoms with E-state index < -0.39 is 12.2 Å². The molecule has 0 aliphatic heterocycles. The van der Waals surface area contributed by atoms with Crippen molar-refractivity contribution in [2.24, 2.45) is 0 Å². The van der Waals surface area contributed by atoms with Gasteiger partial charge in [0.25, 0.3) is 0 Å². The smallest absolute Gasteiger partial charge is 0.410 e. The maximum Gasteiger partial charge on any atom is 0.410 e. The van der Waals surface area contributed by atoms with Crippen molar-refractivity contribution >= 4 is 58.2 Å². The third-order valence-corrected chi connectivity index (χ3v) is 2.27. The van der Waals surface area contributed by atoms with Crippen LogP contribution in [0.25, 0.3) is 0 Å². The highest BCUT2D eigenvalue weighted by atomic mass is 32.1. The lowest BCUT2D eigenvalue weighted by Gasteiger charge is -2.14. The zero-order valence-corrected chi connectivity index (χ0v) is 11.5. The molecule has 0 unspecified atom stereocenters. The number of nitrogens with one attached hydrogen (secondary N) is 4. The number of hydrogen-bond acceptors (Lipinski definition) is 4. The maximum absolute atomic E-state index is 10.4. The molecule has 0 spiro atoms. The van der Waals surface area contributed by atoms with Gasteiger partial charge in [0, 0.05) is 0 Å². The van der Waals surface area contributed by atoms with Gasteiger partial charge in [-0.25, -0.2) is 9.59 Å². The van der Waals surface area contributed by atoms with Crippen LogP contribution < -0.4 is 21.3 Å². The second-order valence-corrected chi connectivity index (χ2v) is 4.13. The molecule has 0 aromatic heterocycles. The number of para-hydroxylation sites is 2. The molecule has 1 rings (SSSR count). The Hall–Kier alpha value is -2.46. The molecule has 0 fully saturated rings. The van der Waals surface area contributed by atoms with Gasteiger partial charge in [-0.05, 0) is 36.6 Å². The van der Waals surface area contributed by atoms with Crippen LogP contribution in [0.15, 0.2) is 24.3 Å². The van der Waals surface area contributed by atoms with Crippen LogP contribution in [0.4, 0.5) is 21.0 Å². The Labute approximate surface area is 124 Å². The first-order chi connectivity index (χ1) is 9.38. The lowest BCUT2D eigenvalue weighted by Crippen LogP contribution is -2.34. The molecule has 0 atom stereocenters. The Bertz CT molecular complexity index is 515. The number of thiocarbonyl (C=S) groups is 2. The van der Waals surface area contributed by atoms with Crippen molar-refractivity contribution < 1.29 is 19.8 Å². The van der Waals surface area contributed by atoms with E-state index in [0.29, 0.717) is 11.4 Å². The number of hydrogen-bond donors (Lipinski definition) is 6. The summed E-state index contributed by atoms with van der Waals surface area (Å²) < 4.78 is 0. The van der Waals surface area contributed by atoms with Gasteiger partial charge in [0.15, 0.2) is 10.2 Å². The monoisotopic (exact) mass is 314 g/mol. The fourth-order valence-corrected chi connectivity index (χ4v) is 1.60. The lowest BCUT2D eigenvalue weighted by atomic mass is 10.2. The predicted molar refractivity (Wildman–Crippen MR) is 81.2 cm³/mol. The van der Waals surface area contributed by atoms with E-state index in [9.17, 15) is 9.59 Å². The van der Waals surface area contributed by atoms with Gasteiger partial charge in [0.05, 0.1) is 11.4 Å². The van der Waals surface area contributed by atoms with Gasteiger partial charge in [0.1, 0.15) is 0 Å². The molecule has 0 bridgehead atoms. The number of carbonyl (C=O) groups is 2. The first-order valence-corrected chi connectivity index (χ1v) is 5.91. The summed E-state index contributed by atoms with van der Waals surface area (Å²) in [5, 5.41) is 26.0. The van der Waals surface area contributed by atoms with Crippen molar-refractivity contribution in [3.8, 4) is 0 Å². The zero-order valence-electron chi connectivity index (χ0n) is 9.84. The summed E-state index contributed by atoms with van der Waals surface area (Å²) in [5.74, 6) is 0. The minimum absolute atomic E-state index is 0.121. The molecule has 106 valence electrons. The number of amides is 2. The third kappa shape index (κ3) is 5.46. The zero-order chi connectivity index (χ0) is 15.1. The van der Waals surface area contributed by atoms with Gasteiger partial charge >= 0.3 is 12.2 Å². The van der Waals surface area contributed by atoms with Gasteiger partial charge in [0.2, 0.25) is 0 Å². The quantitative estimate of drug-likeness (QED) is 0.455. The normalized spacial score (nSPS) is 9.20. The van der Waals surface area contributed by atoms with E-state index in [1.54, 1.807) is 24.3 Å². The molecule has 1 aromatic rings. The molecule has 10 heteroatoms. The number of benzene rings is 1. The Morgan fingerprint density at radius 1 is 0.850 bits per heavy atom. The number of anilines is 2. The second kappa shape index (κ2) is 7.21. The van der Waals surface area contributed by atoms with Crippen LogP contribution in [0.3, 0.4) is 0 Å². The summed E-state index contributed by atoms with van der Waals surface area (Å²) in [7, 11) is 0. The van der Waals surface area contributed by atoms with Crippen molar-refractivity contribution in [2.45, 2.75) is 0 Å². The van der Waals surface area contributed by atoms with Crippen molar-refractivity contribution in [1.82, 2.24) is 10.6 Å². The van der Waals surface area contributed by atoms with Gasteiger partial charge < -0.3 is 20.8 Å². The standard InChI is InChI=1S/C10H10N4O4S2/c15-9(16)13-7(19)11-5-3-1-2-4-6(5)12-8(20)14-10(17)18/h1-4H,(H,15,16)(H,17,18)(H2,11,13,19)(H2,12,14,20). The van der Waals surface area contributed by atoms with E-state index in [-0.39, 0.29) is 10.2 Å². The van der Waals surface area contributed by atoms with Crippen LogP contribution >= 0.6 is 24.4 Å². The Morgan fingerprint density at radius 2 is 1.20 bits per heavy atom. The molecule has 20 heavy (non-hydrogen) atoms. The fraction of sp³-hybridized carbons (Fsp3) is 0. The Morgan fingerprint density at radius 3 is 1.50 bits per heavy atom. The topological polar surface area (TPSA) is 123 Å². The number of carboxylic acid groups (broad SMARTS) is 2. The lowest BCUT2D eigenvalue weighted by molar-refractivity contribution is 0.199. The molecule has 0 aliphatic rings. The van der Waals surface area contributed by atoms with Crippen molar-refractivity contribution in [3.63, 3.8) is 0 Å². The molecule has 1 aromatic carbocycles. The molecular weight excluding hydrogens is 304 g/mol. The average Bonchev–Trinajstić information content (AvgIpc) is 2.29. The van der Waals surface area contributed by atoms with E-state index in [1.807, 2.05) is 10.6 Å². The Kier molecular flexibility index (Phi) is 5.62. The second-order valence-electron chi connectivity index (χ2n) is 3.31. The molecule has 0 heterocycles. The van der Waals surface area contributed by atoms with Crippen LogP contribution in [0.2, 0.25) is 0 Å². The summed E-state index contributed by atoms with van der Waals surface area (Å²) in [6, 6.07) is 6.60. The first-order valence-electron chi connectivity index (χ1n) is 5.09. The summed E-state index contributed by atoms with van der Waals surface area (Å²) in [6.45, 7) is 0. The SMILES string of the molecule is O=C(O)NC(=S)Nc1ccccc1NC(=S)NC(=O)O. The molecule has 0 aliphatic carbocycles. The Balaban J connectivity index is 2.77. The van der Waals surface area contributed by atoms with Crippen LogP contribution in [0.5, 0.6) is 0 Å². The van der Waals surface area contributed by atoms with E-state index in [0.717, 1.165) is 0 Å². The molecule has 2 amide bonds. The van der Waals surface area contributed by atoms with Crippen molar-refractivity contribution in [3.05, 3.63) is 24.3 Å². The minimum atomic E-state index is -1.30. The van der Waals surface area contributed by atoms with E-state index in [4.69, 9.17) is 34.6 Å². The molecule has 0 radical (unpaired) electrons. The van der Waals surface area contributed by atoms with Crippen molar-refractivity contribution in [1.29, 1.82) is 0 Å². The van der Waals surface area contributed by atoms with Crippen LogP contribution in [-0.2, 0) is 0 Å². The maximum atomic E-state index is 10.4. The predicted octanol–water partition coefficient (Wildman–Crippen LogP) is 1.62. The van der Waals surface area contributed by atoms with Gasteiger partial charge in [-0.2, -0.15) is 0 Å². The van der Waals surface area contributed by atoms with Crippen molar-refractivity contribution in [2.75, 3.05) is 10.6 Å².